The Hall–Kier alpha value is -0.960. The van der Waals surface area contributed by atoms with Crippen LogP contribution in [0, 0.1) is 0 Å². The monoisotopic (exact) mass is 167 g/mol. The largest absolute Gasteiger partial charge is 0.366 e. The van der Waals surface area contributed by atoms with Crippen molar-refractivity contribution in [1.82, 2.24) is 0 Å². The van der Waals surface area contributed by atoms with E-state index in [1.165, 1.54) is 0 Å². The van der Waals surface area contributed by atoms with E-state index in [1.807, 2.05) is 6.07 Å². The van der Waals surface area contributed by atoms with E-state index in [1.54, 1.807) is 18.2 Å². The molecule has 0 radical (unpaired) electrons. The summed E-state index contributed by atoms with van der Waals surface area (Å²) in [5.74, 6) is 0.231. The molecule has 0 saturated heterocycles. The third-order valence-electron chi connectivity index (χ3n) is 1.39. The van der Waals surface area contributed by atoms with E-state index in [0.29, 0.717) is 11.3 Å². The molecular weight excluding hydrogens is 158 g/mol. The number of thiol groups is 1. The molecule has 0 fully saturated rings. The summed E-state index contributed by atoms with van der Waals surface area (Å²) < 4.78 is 0. The fourth-order valence-corrected chi connectivity index (χ4v) is 1.02. The highest BCUT2D eigenvalue weighted by Crippen LogP contribution is 2.06. The van der Waals surface area contributed by atoms with E-state index >= 15 is 0 Å². The molecule has 0 atom stereocenters. The number of nitrogens with two attached hydrogens (primary N) is 1. The maximum atomic E-state index is 10.7. The first-order chi connectivity index (χ1) is 5.24. The van der Waals surface area contributed by atoms with Gasteiger partial charge in [0, 0.05) is 11.3 Å². The average Bonchev–Trinajstić information content (AvgIpc) is 2.05. The molecule has 3 heteroatoms. The van der Waals surface area contributed by atoms with Crippen LogP contribution >= 0.6 is 12.6 Å². The van der Waals surface area contributed by atoms with Crippen molar-refractivity contribution in [3.05, 3.63) is 35.4 Å². The van der Waals surface area contributed by atoms with Crippen LogP contribution in [0.3, 0.4) is 0 Å². The first-order valence-corrected chi connectivity index (χ1v) is 3.87. The summed E-state index contributed by atoms with van der Waals surface area (Å²) in [7, 11) is 0. The second-order valence-corrected chi connectivity index (χ2v) is 2.54. The summed E-state index contributed by atoms with van der Waals surface area (Å²) in [6, 6.07) is 7.13. The van der Waals surface area contributed by atoms with Crippen molar-refractivity contribution >= 4 is 18.5 Å². The molecule has 1 aromatic carbocycles. The number of rotatable bonds is 2. The average molecular weight is 167 g/mol. The van der Waals surface area contributed by atoms with Crippen LogP contribution in [0.25, 0.3) is 0 Å². The van der Waals surface area contributed by atoms with Crippen LogP contribution in [-0.4, -0.2) is 5.91 Å². The molecule has 1 rings (SSSR count). The van der Waals surface area contributed by atoms with Crippen LogP contribution in [0.2, 0.25) is 0 Å². The normalized spacial score (nSPS) is 9.55. The minimum atomic E-state index is -0.395. The lowest BCUT2D eigenvalue weighted by atomic mass is 10.1. The molecule has 0 spiro atoms. The molecule has 0 aromatic heterocycles. The van der Waals surface area contributed by atoms with E-state index in [0.717, 1.165) is 5.56 Å². The van der Waals surface area contributed by atoms with Crippen molar-refractivity contribution in [3.63, 3.8) is 0 Å². The lowest BCUT2D eigenvalue weighted by molar-refractivity contribution is 0.1000. The highest BCUT2D eigenvalue weighted by atomic mass is 32.1. The molecule has 0 aliphatic heterocycles. The van der Waals surface area contributed by atoms with Gasteiger partial charge in [0.15, 0.2) is 0 Å². The predicted octanol–water partition coefficient (Wildman–Crippen LogP) is 1.22. The zero-order valence-electron chi connectivity index (χ0n) is 5.95. The topological polar surface area (TPSA) is 43.1 Å². The van der Waals surface area contributed by atoms with Crippen molar-refractivity contribution in [2.24, 2.45) is 5.73 Å². The first-order valence-electron chi connectivity index (χ1n) is 3.23. The SMILES string of the molecule is NC(=O)c1cccc(CS)c1. The van der Waals surface area contributed by atoms with Crippen molar-refractivity contribution in [3.8, 4) is 0 Å². The van der Waals surface area contributed by atoms with Gasteiger partial charge in [0.05, 0.1) is 0 Å². The van der Waals surface area contributed by atoms with Gasteiger partial charge in [0.25, 0.3) is 0 Å². The number of carbonyl (C=O) groups is 1. The quantitative estimate of drug-likeness (QED) is 0.639. The Kier molecular flexibility index (Phi) is 2.54. The predicted molar refractivity (Wildman–Crippen MR) is 47.6 cm³/mol. The molecule has 1 aromatic rings. The second-order valence-electron chi connectivity index (χ2n) is 2.22. The molecule has 58 valence electrons. The summed E-state index contributed by atoms with van der Waals surface area (Å²) in [4.78, 5) is 10.7. The minimum absolute atomic E-state index is 0.395. The van der Waals surface area contributed by atoms with E-state index in [4.69, 9.17) is 5.73 Å². The lowest BCUT2D eigenvalue weighted by Gasteiger charge is -1.97. The zero-order chi connectivity index (χ0) is 8.27. The Morgan fingerprint density at radius 1 is 1.55 bits per heavy atom. The molecule has 0 aliphatic rings. The van der Waals surface area contributed by atoms with E-state index in [9.17, 15) is 4.79 Å². The highest BCUT2D eigenvalue weighted by Gasteiger charge is 1.98. The van der Waals surface area contributed by atoms with Crippen molar-refractivity contribution in [1.29, 1.82) is 0 Å². The Morgan fingerprint density at radius 3 is 2.82 bits per heavy atom. The molecule has 2 nitrogen and oxygen atoms in total. The smallest absolute Gasteiger partial charge is 0.248 e. The van der Waals surface area contributed by atoms with Gasteiger partial charge in [0.2, 0.25) is 5.91 Å². The molecule has 0 heterocycles. The molecule has 1 amide bonds. The fraction of sp³-hybridized carbons (Fsp3) is 0.125. The first kappa shape index (κ1) is 8.14. The Bertz CT molecular complexity index is 273. The molecule has 0 unspecified atom stereocenters. The van der Waals surface area contributed by atoms with Gasteiger partial charge < -0.3 is 5.73 Å². The van der Waals surface area contributed by atoms with Crippen LogP contribution in [0.15, 0.2) is 24.3 Å². The van der Waals surface area contributed by atoms with Crippen molar-refractivity contribution < 1.29 is 4.79 Å². The van der Waals surface area contributed by atoms with Gasteiger partial charge in [-0.2, -0.15) is 12.6 Å². The van der Waals surface area contributed by atoms with Gasteiger partial charge in [0.1, 0.15) is 0 Å². The standard InChI is InChI=1S/C8H9NOS/c9-8(10)7-3-1-2-6(4-7)5-11/h1-4,11H,5H2,(H2,9,10). The van der Waals surface area contributed by atoms with Crippen LogP contribution in [-0.2, 0) is 5.75 Å². The van der Waals surface area contributed by atoms with Crippen molar-refractivity contribution in [2.75, 3.05) is 0 Å². The number of primary amides is 1. The van der Waals surface area contributed by atoms with Gasteiger partial charge in [-0.05, 0) is 17.7 Å². The van der Waals surface area contributed by atoms with E-state index < -0.39 is 5.91 Å². The maximum Gasteiger partial charge on any atom is 0.248 e. The van der Waals surface area contributed by atoms with E-state index in [2.05, 4.69) is 12.6 Å². The van der Waals surface area contributed by atoms with Crippen LogP contribution in [0.4, 0.5) is 0 Å². The number of hydrogen-bond donors (Lipinski definition) is 2. The van der Waals surface area contributed by atoms with Gasteiger partial charge in [-0.1, -0.05) is 12.1 Å². The number of hydrogen-bond acceptors (Lipinski definition) is 2. The molecule has 2 N–H and O–H groups in total. The van der Waals surface area contributed by atoms with Crippen LogP contribution in [0.1, 0.15) is 15.9 Å². The summed E-state index contributed by atoms with van der Waals surface area (Å²) >= 11 is 4.07. The van der Waals surface area contributed by atoms with E-state index in [-0.39, 0.29) is 0 Å². The third-order valence-corrected chi connectivity index (χ3v) is 1.76. The Labute approximate surface area is 70.8 Å². The molecule has 11 heavy (non-hydrogen) atoms. The maximum absolute atomic E-state index is 10.7. The number of benzene rings is 1. The van der Waals surface area contributed by atoms with Crippen LogP contribution < -0.4 is 5.73 Å². The number of carbonyl (C=O) groups excluding carboxylic acids is 1. The molecular formula is C8H9NOS. The number of amides is 1. The van der Waals surface area contributed by atoms with Gasteiger partial charge in [-0.25, -0.2) is 0 Å². The minimum Gasteiger partial charge on any atom is -0.366 e. The Balaban J connectivity index is 3.01. The highest BCUT2D eigenvalue weighted by molar-refractivity contribution is 7.79. The summed E-state index contributed by atoms with van der Waals surface area (Å²) in [5.41, 5.74) is 6.62. The van der Waals surface area contributed by atoms with Crippen LogP contribution in [0.5, 0.6) is 0 Å². The van der Waals surface area contributed by atoms with Gasteiger partial charge in [-0.15, -0.1) is 0 Å². The summed E-state index contributed by atoms with van der Waals surface area (Å²) in [6.07, 6.45) is 0. The third kappa shape index (κ3) is 1.98. The van der Waals surface area contributed by atoms with Gasteiger partial charge >= 0.3 is 0 Å². The molecule has 0 bridgehead atoms. The van der Waals surface area contributed by atoms with Crippen molar-refractivity contribution in [2.45, 2.75) is 5.75 Å². The lowest BCUT2D eigenvalue weighted by Crippen LogP contribution is -2.10. The fourth-order valence-electron chi connectivity index (χ4n) is 0.823. The van der Waals surface area contributed by atoms with Gasteiger partial charge in [-0.3, -0.25) is 4.79 Å². The summed E-state index contributed by atoms with van der Waals surface area (Å²) in [5, 5.41) is 0. The summed E-state index contributed by atoms with van der Waals surface area (Å²) in [6.45, 7) is 0. The molecule has 0 aliphatic carbocycles. The Morgan fingerprint density at radius 2 is 2.27 bits per heavy atom. The second kappa shape index (κ2) is 3.44. The molecule has 0 saturated carbocycles. The zero-order valence-corrected chi connectivity index (χ0v) is 6.84.